The molecule has 1 aliphatic heterocycles. The Morgan fingerprint density at radius 3 is 2.53 bits per heavy atom. The van der Waals surface area contributed by atoms with Crippen LogP contribution in [0.4, 0.5) is 5.69 Å². The van der Waals surface area contributed by atoms with E-state index in [0.29, 0.717) is 6.54 Å². The third-order valence-electron chi connectivity index (χ3n) is 4.01. The Hall–Kier alpha value is -1.50. The lowest BCUT2D eigenvalue weighted by Crippen LogP contribution is -2.59. The molecule has 0 bridgehead atoms. The van der Waals surface area contributed by atoms with Crippen molar-refractivity contribution in [2.24, 2.45) is 5.73 Å². The van der Waals surface area contributed by atoms with E-state index in [1.165, 1.54) is 5.69 Å². The molecule has 1 atom stereocenters. The number of hydrogen-bond acceptors (Lipinski definition) is 3. The Kier molecular flexibility index (Phi) is 4.47. The molecule has 1 heterocycles. The summed E-state index contributed by atoms with van der Waals surface area (Å²) in [6, 6.07) is 10.6. The number of piperidine rings is 1. The molecule has 1 aromatic carbocycles. The van der Waals surface area contributed by atoms with Crippen molar-refractivity contribution in [3.05, 3.63) is 30.3 Å². The van der Waals surface area contributed by atoms with Crippen molar-refractivity contribution in [2.45, 2.75) is 31.3 Å². The number of para-hydroxylation sites is 1. The Labute approximate surface area is 116 Å². The van der Waals surface area contributed by atoms with Crippen LogP contribution < -0.4 is 16.0 Å². The zero-order valence-electron chi connectivity index (χ0n) is 11.6. The van der Waals surface area contributed by atoms with Crippen LogP contribution in [0.15, 0.2) is 30.3 Å². The first-order valence-electron chi connectivity index (χ1n) is 6.93. The van der Waals surface area contributed by atoms with Crippen LogP contribution in [-0.2, 0) is 0 Å². The molecule has 3 nitrogen and oxygen atoms in total. The SMILES string of the molecule is C#CC(C)NC1(CN)CCN(c2ccccc2)CC1. The van der Waals surface area contributed by atoms with E-state index in [0.717, 1.165) is 25.9 Å². The third-order valence-corrected chi connectivity index (χ3v) is 4.01. The first-order chi connectivity index (χ1) is 9.19. The molecule has 3 N–H and O–H groups in total. The largest absolute Gasteiger partial charge is 0.371 e. The van der Waals surface area contributed by atoms with Gasteiger partial charge in [0.15, 0.2) is 0 Å². The minimum Gasteiger partial charge on any atom is -0.371 e. The van der Waals surface area contributed by atoms with Crippen molar-refractivity contribution in [3.8, 4) is 12.3 Å². The van der Waals surface area contributed by atoms with Crippen LogP contribution in [0.25, 0.3) is 0 Å². The molecular formula is C16H23N3. The van der Waals surface area contributed by atoms with Crippen molar-refractivity contribution in [1.82, 2.24) is 5.32 Å². The highest BCUT2D eigenvalue weighted by atomic mass is 15.2. The summed E-state index contributed by atoms with van der Waals surface area (Å²) in [6.07, 6.45) is 7.52. The lowest BCUT2D eigenvalue weighted by Gasteiger charge is -2.43. The van der Waals surface area contributed by atoms with Crippen LogP contribution in [0.2, 0.25) is 0 Å². The van der Waals surface area contributed by atoms with Gasteiger partial charge in [0.25, 0.3) is 0 Å². The number of benzene rings is 1. The maximum absolute atomic E-state index is 5.98. The van der Waals surface area contributed by atoms with E-state index in [2.05, 4.69) is 40.4 Å². The van der Waals surface area contributed by atoms with Gasteiger partial charge in [-0.05, 0) is 31.9 Å². The molecular weight excluding hydrogens is 234 g/mol. The summed E-state index contributed by atoms with van der Waals surface area (Å²) in [5, 5.41) is 3.52. The molecule has 0 saturated carbocycles. The van der Waals surface area contributed by atoms with E-state index in [1.807, 2.05) is 13.0 Å². The van der Waals surface area contributed by atoms with Crippen molar-refractivity contribution < 1.29 is 0 Å². The number of nitrogens with one attached hydrogen (secondary N) is 1. The van der Waals surface area contributed by atoms with Crippen molar-refractivity contribution in [3.63, 3.8) is 0 Å². The zero-order valence-corrected chi connectivity index (χ0v) is 11.6. The topological polar surface area (TPSA) is 41.3 Å². The summed E-state index contributed by atoms with van der Waals surface area (Å²) in [5.74, 6) is 2.73. The van der Waals surface area contributed by atoms with Gasteiger partial charge in [0.2, 0.25) is 0 Å². The summed E-state index contributed by atoms with van der Waals surface area (Å²) in [7, 11) is 0. The quantitative estimate of drug-likeness (QED) is 0.805. The molecule has 2 rings (SSSR count). The summed E-state index contributed by atoms with van der Waals surface area (Å²) >= 11 is 0. The van der Waals surface area contributed by atoms with Gasteiger partial charge >= 0.3 is 0 Å². The molecule has 19 heavy (non-hydrogen) atoms. The molecule has 0 aromatic heterocycles. The predicted molar refractivity (Wildman–Crippen MR) is 81.1 cm³/mol. The van der Waals surface area contributed by atoms with E-state index >= 15 is 0 Å². The van der Waals surface area contributed by atoms with Crippen LogP contribution in [0.3, 0.4) is 0 Å². The molecule has 102 valence electrons. The van der Waals surface area contributed by atoms with E-state index in [1.54, 1.807) is 0 Å². The Morgan fingerprint density at radius 2 is 2.00 bits per heavy atom. The molecule has 3 heteroatoms. The second kappa shape index (κ2) is 6.10. The fourth-order valence-corrected chi connectivity index (χ4v) is 2.74. The average Bonchev–Trinajstić information content (AvgIpc) is 2.48. The van der Waals surface area contributed by atoms with Gasteiger partial charge in [-0.15, -0.1) is 6.42 Å². The Morgan fingerprint density at radius 1 is 1.37 bits per heavy atom. The minimum absolute atomic E-state index is 0.00291. The summed E-state index contributed by atoms with van der Waals surface area (Å²) in [6.45, 7) is 4.69. The van der Waals surface area contributed by atoms with Gasteiger partial charge in [-0.2, -0.15) is 0 Å². The first-order valence-corrected chi connectivity index (χ1v) is 6.93. The maximum atomic E-state index is 5.98. The fraction of sp³-hybridized carbons (Fsp3) is 0.500. The number of terminal acetylenes is 1. The number of rotatable bonds is 4. The Balaban J connectivity index is 1.99. The van der Waals surface area contributed by atoms with Gasteiger partial charge in [-0.25, -0.2) is 0 Å². The smallest absolute Gasteiger partial charge is 0.0663 e. The fourth-order valence-electron chi connectivity index (χ4n) is 2.74. The van der Waals surface area contributed by atoms with Crippen molar-refractivity contribution in [1.29, 1.82) is 0 Å². The molecule has 0 radical (unpaired) electrons. The molecule has 1 saturated heterocycles. The van der Waals surface area contributed by atoms with Gasteiger partial charge in [0.05, 0.1) is 6.04 Å². The molecule has 1 unspecified atom stereocenters. The van der Waals surface area contributed by atoms with E-state index in [9.17, 15) is 0 Å². The monoisotopic (exact) mass is 257 g/mol. The molecule has 1 aromatic rings. The van der Waals surface area contributed by atoms with Gasteiger partial charge in [-0.1, -0.05) is 24.1 Å². The second-order valence-electron chi connectivity index (χ2n) is 5.34. The van der Waals surface area contributed by atoms with Crippen LogP contribution >= 0.6 is 0 Å². The maximum Gasteiger partial charge on any atom is 0.0663 e. The molecule has 0 amide bonds. The lowest BCUT2D eigenvalue weighted by atomic mass is 9.86. The second-order valence-corrected chi connectivity index (χ2v) is 5.34. The number of nitrogens with two attached hydrogens (primary N) is 1. The third kappa shape index (κ3) is 3.28. The van der Waals surface area contributed by atoms with Gasteiger partial charge in [-0.3, -0.25) is 5.32 Å². The average molecular weight is 257 g/mol. The van der Waals surface area contributed by atoms with Crippen LogP contribution in [0, 0.1) is 12.3 Å². The van der Waals surface area contributed by atoms with Crippen LogP contribution in [0.5, 0.6) is 0 Å². The number of hydrogen-bond donors (Lipinski definition) is 2. The van der Waals surface area contributed by atoms with E-state index < -0.39 is 0 Å². The van der Waals surface area contributed by atoms with Gasteiger partial charge in [0, 0.05) is 30.9 Å². The number of anilines is 1. The zero-order chi connectivity index (χ0) is 13.7. The van der Waals surface area contributed by atoms with Crippen LogP contribution in [-0.4, -0.2) is 31.2 Å². The first kappa shape index (κ1) is 13.9. The van der Waals surface area contributed by atoms with Crippen molar-refractivity contribution >= 4 is 5.69 Å². The summed E-state index contributed by atoms with van der Waals surface area (Å²) in [4.78, 5) is 2.41. The highest BCUT2D eigenvalue weighted by Crippen LogP contribution is 2.26. The Bertz CT molecular complexity index is 427. The molecule has 1 fully saturated rings. The standard InChI is InChI=1S/C16H23N3/c1-3-14(2)18-16(13-17)9-11-19(12-10-16)15-7-5-4-6-8-15/h1,4-8,14,18H,9-13,17H2,2H3. The minimum atomic E-state index is -0.00291. The number of nitrogens with zero attached hydrogens (tertiary/aromatic N) is 1. The highest BCUT2D eigenvalue weighted by molar-refractivity contribution is 5.46. The van der Waals surface area contributed by atoms with Gasteiger partial charge < -0.3 is 10.6 Å². The molecule has 0 aliphatic carbocycles. The summed E-state index contributed by atoms with van der Waals surface area (Å²) in [5.41, 5.74) is 7.26. The highest BCUT2D eigenvalue weighted by Gasteiger charge is 2.33. The van der Waals surface area contributed by atoms with Crippen molar-refractivity contribution in [2.75, 3.05) is 24.5 Å². The normalized spacial score (nSPS) is 19.7. The van der Waals surface area contributed by atoms with E-state index in [-0.39, 0.29) is 11.6 Å². The van der Waals surface area contributed by atoms with E-state index in [4.69, 9.17) is 12.2 Å². The molecule has 0 spiro atoms. The summed E-state index contributed by atoms with van der Waals surface area (Å²) < 4.78 is 0. The lowest BCUT2D eigenvalue weighted by molar-refractivity contribution is 0.258. The van der Waals surface area contributed by atoms with Gasteiger partial charge in [0.1, 0.15) is 0 Å². The molecule has 1 aliphatic rings. The van der Waals surface area contributed by atoms with Crippen LogP contribution in [0.1, 0.15) is 19.8 Å². The predicted octanol–water partition coefficient (Wildman–Crippen LogP) is 1.60.